The standard InChI is InChI=1S/C17H15Cl2N3O4/c1-25-11-5-8-7(4-9(11)14(20)23)2-3-21-16(8)26-6-10-12-13(15(24)22-10)17(12,18)19/h2-5,10,12-13H,6H2,1H3,(H2,20,23)(H,22,24). The summed E-state index contributed by atoms with van der Waals surface area (Å²) in [4.78, 5) is 27.6. The number of nitrogens with one attached hydrogen (secondary N) is 1. The number of hydrogen-bond acceptors (Lipinski definition) is 5. The zero-order valence-electron chi connectivity index (χ0n) is 13.7. The van der Waals surface area contributed by atoms with Gasteiger partial charge in [0.15, 0.2) is 0 Å². The molecule has 136 valence electrons. The third-order valence-electron chi connectivity index (χ3n) is 4.87. The molecule has 1 aliphatic heterocycles. The van der Waals surface area contributed by atoms with Gasteiger partial charge in [-0.05, 0) is 23.6 Å². The van der Waals surface area contributed by atoms with E-state index in [9.17, 15) is 9.59 Å². The predicted octanol–water partition coefficient (Wildman–Crippen LogP) is 1.64. The lowest BCUT2D eigenvalue weighted by Crippen LogP contribution is -2.39. The lowest BCUT2D eigenvalue weighted by molar-refractivity contribution is -0.121. The number of nitrogens with zero attached hydrogens (tertiary/aromatic N) is 1. The fourth-order valence-electron chi connectivity index (χ4n) is 3.52. The van der Waals surface area contributed by atoms with Crippen LogP contribution in [0.2, 0.25) is 0 Å². The molecule has 26 heavy (non-hydrogen) atoms. The van der Waals surface area contributed by atoms with Crippen LogP contribution in [0.4, 0.5) is 0 Å². The van der Waals surface area contributed by atoms with Crippen molar-refractivity contribution in [3.05, 3.63) is 30.0 Å². The SMILES string of the molecule is COc1cc2c(OCC3NC(=O)C4C3C4(Cl)Cl)nccc2cc1C(N)=O. The third-order valence-corrected chi connectivity index (χ3v) is 5.84. The lowest BCUT2D eigenvalue weighted by Gasteiger charge is -2.18. The van der Waals surface area contributed by atoms with E-state index in [0.29, 0.717) is 17.0 Å². The predicted molar refractivity (Wildman–Crippen MR) is 95.7 cm³/mol. The summed E-state index contributed by atoms with van der Waals surface area (Å²) >= 11 is 12.3. The van der Waals surface area contributed by atoms with Crippen molar-refractivity contribution in [2.24, 2.45) is 17.6 Å². The lowest BCUT2D eigenvalue weighted by atomic mass is 10.1. The first-order valence-corrected chi connectivity index (χ1v) is 8.67. The number of nitrogens with two attached hydrogens (primary N) is 1. The van der Waals surface area contributed by atoms with Crippen molar-refractivity contribution in [1.29, 1.82) is 0 Å². The van der Waals surface area contributed by atoms with Crippen molar-refractivity contribution in [3.63, 3.8) is 0 Å². The average molecular weight is 396 g/mol. The quantitative estimate of drug-likeness (QED) is 0.748. The highest BCUT2D eigenvalue weighted by Gasteiger charge is 2.73. The Bertz CT molecular complexity index is 934. The monoisotopic (exact) mass is 395 g/mol. The molecule has 2 fully saturated rings. The number of fused-ring (bicyclic) bond motifs is 2. The van der Waals surface area contributed by atoms with Gasteiger partial charge in [0.05, 0.1) is 24.6 Å². The van der Waals surface area contributed by atoms with E-state index in [0.717, 1.165) is 5.39 Å². The molecule has 0 radical (unpaired) electrons. The number of piperidine rings is 1. The fourth-order valence-corrected chi connectivity index (χ4v) is 4.42. The number of ether oxygens (including phenoxy) is 2. The van der Waals surface area contributed by atoms with Gasteiger partial charge in [-0.15, -0.1) is 23.2 Å². The molecule has 1 aromatic heterocycles. The Morgan fingerprint density at radius 2 is 2.19 bits per heavy atom. The topological polar surface area (TPSA) is 104 Å². The van der Waals surface area contributed by atoms with Gasteiger partial charge in [0.1, 0.15) is 16.7 Å². The van der Waals surface area contributed by atoms with Crippen molar-refractivity contribution in [1.82, 2.24) is 10.3 Å². The minimum Gasteiger partial charge on any atom is -0.496 e. The number of carbonyl (C=O) groups is 2. The molecule has 2 heterocycles. The molecule has 2 amide bonds. The maximum Gasteiger partial charge on any atom is 0.252 e. The Morgan fingerprint density at radius 3 is 2.81 bits per heavy atom. The van der Waals surface area contributed by atoms with Crippen LogP contribution in [0.3, 0.4) is 0 Å². The molecule has 7 nitrogen and oxygen atoms in total. The Labute approximate surface area is 158 Å². The summed E-state index contributed by atoms with van der Waals surface area (Å²) in [6.45, 7) is 0.181. The van der Waals surface area contributed by atoms with Crippen LogP contribution < -0.4 is 20.5 Å². The van der Waals surface area contributed by atoms with Gasteiger partial charge in [-0.3, -0.25) is 9.59 Å². The second-order valence-electron chi connectivity index (χ2n) is 6.36. The third kappa shape index (κ3) is 2.54. The van der Waals surface area contributed by atoms with Crippen molar-refractivity contribution in [3.8, 4) is 11.6 Å². The number of methoxy groups -OCH3 is 1. The number of hydrogen-bond donors (Lipinski definition) is 2. The molecule has 0 spiro atoms. The van der Waals surface area contributed by atoms with Gasteiger partial charge in [-0.1, -0.05) is 0 Å². The molecule has 2 aromatic rings. The molecule has 1 saturated heterocycles. The number of halogens is 2. The molecule has 2 aliphatic rings. The average Bonchev–Trinajstić information content (AvgIpc) is 3.00. The van der Waals surface area contributed by atoms with Crippen LogP contribution in [0, 0.1) is 11.8 Å². The molecule has 3 unspecified atom stereocenters. The van der Waals surface area contributed by atoms with Crippen LogP contribution in [0.5, 0.6) is 11.6 Å². The zero-order chi connectivity index (χ0) is 18.6. The maximum absolute atomic E-state index is 11.8. The number of aromatic nitrogens is 1. The largest absolute Gasteiger partial charge is 0.496 e. The molecular formula is C17H15Cl2N3O4. The Kier molecular flexibility index (Phi) is 3.89. The highest BCUT2D eigenvalue weighted by atomic mass is 35.5. The minimum atomic E-state index is -1.03. The molecule has 1 aliphatic carbocycles. The van der Waals surface area contributed by atoms with E-state index < -0.39 is 16.2 Å². The number of rotatable bonds is 5. The number of primary amides is 1. The first kappa shape index (κ1) is 17.2. The molecule has 3 N–H and O–H groups in total. The van der Waals surface area contributed by atoms with Crippen LogP contribution >= 0.6 is 23.2 Å². The van der Waals surface area contributed by atoms with Crippen molar-refractivity contribution in [2.45, 2.75) is 10.4 Å². The van der Waals surface area contributed by atoms with Crippen molar-refractivity contribution < 1.29 is 19.1 Å². The molecular weight excluding hydrogens is 381 g/mol. The first-order chi connectivity index (χ1) is 12.3. The van der Waals surface area contributed by atoms with Crippen LogP contribution in [-0.4, -0.2) is 40.9 Å². The van der Waals surface area contributed by atoms with Gasteiger partial charge in [-0.25, -0.2) is 4.98 Å². The summed E-state index contributed by atoms with van der Waals surface area (Å²) in [5.74, 6) is -0.628. The normalized spacial score (nSPS) is 25.5. The van der Waals surface area contributed by atoms with E-state index in [1.54, 1.807) is 24.4 Å². The summed E-state index contributed by atoms with van der Waals surface area (Å²) in [5.41, 5.74) is 5.66. The molecule has 9 heteroatoms. The summed E-state index contributed by atoms with van der Waals surface area (Å²) in [6, 6.07) is 4.73. The Balaban J connectivity index is 1.61. The second-order valence-corrected chi connectivity index (χ2v) is 7.80. The molecule has 4 rings (SSSR count). The highest BCUT2D eigenvalue weighted by molar-refractivity contribution is 6.53. The summed E-state index contributed by atoms with van der Waals surface area (Å²) in [6.07, 6.45) is 1.56. The van der Waals surface area contributed by atoms with E-state index in [1.807, 2.05) is 0 Å². The second kappa shape index (κ2) is 5.89. The van der Waals surface area contributed by atoms with Crippen LogP contribution in [0.25, 0.3) is 10.8 Å². The number of carbonyl (C=O) groups excluding carboxylic acids is 2. The molecule has 0 bridgehead atoms. The number of amides is 2. The number of benzene rings is 1. The van der Waals surface area contributed by atoms with Gasteiger partial charge in [-0.2, -0.15) is 0 Å². The van der Waals surface area contributed by atoms with Gasteiger partial charge in [0.2, 0.25) is 11.8 Å². The van der Waals surface area contributed by atoms with E-state index in [2.05, 4.69) is 10.3 Å². The van der Waals surface area contributed by atoms with E-state index in [1.165, 1.54) is 7.11 Å². The van der Waals surface area contributed by atoms with Crippen LogP contribution in [0.15, 0.2) is 24.4 Å². The molecule has 3 atom stereocenters. The van der Waals surface area contributed by atoms with Gasteiger partial charge >= 0.3 is 0 Å². The fraction of sp³-hybridized carbons (Fsp3) is 0.353. The van der Waals surface area contributed by atoms with Crippen molar-refractivity contribution in [2.75, 3.05) is 13.7 Å². The minimum absolute atomic E-state index is 0.160. The zero-order valence-corrected chi connectivity index (χ0v) is 15.2. The molecule has 1 aromatic carbocycles. The molecule has 1 saturated carbocycles. The van der Waals surface area contributed by atoms with E-state index in [-0.39, 0.29) is 30.0 Å². The van der Waals surface area contributed by atoms with Crippen LogP contribution in [-0.2, 0) is 4.79 Å². The van der Waals surface area contributed by atoms with E-state index >= 15 is 0 Å². The van der Waals surface area contributed by atoms with Gasteiger partial charge in [0.25, 0.3) is 5.91 Å². The maximum atomic E-state index is 11.8. The summed E-state index contributed by atoms with van der Waals surface area (Å²) < 4.78 is 10.0. The van der Waals surface area contributed by atoms with E-state index in [4.69, 9.17) is 38.4 Å². The smallest absolute Gasteiger partial charge is 0.252 e. The number of alkyl halides is 2. The van der Waals surface area contributed by atoms with Crippen LogP contribution in [0.1, 0.15) is 10.4 Å². The highest BCUT2D eigenvalue weighted by Crippen LogP contribution is 2.63. The summed E-state index contributed by atoms with van der Waals surface area (Å²) in [7, 11) is 1.45. The Morgan fingerprint density at radius 1 is 1.42 bits per heavy atom. The first-order valence-electron chi connectivity index (χ1n) is 7.92. The van der Waals surface area contributed by atoms with Crippen molar-refractivity contribution >= 4 is 45.8 Å². The summed E-state index contributed by atoms with van der Waals surface area (Å²) in [5, 5.41) is 4.22. The number of pyridine rings is 1. The Hall–Kier alpha value is -2.25. The van der Waals surface area contributed by atoms with Gasteiger partial charge < -0.3 is 20.5 Å². The van der Waals surface area contributed by atoms with Gasteiger partial charge in [0, 0.05) is 17.5 Å².